The summed E-state index contributed by atoms with van der Waals surface area (Å²) in [6.45, 7) is 0.0830. The molecule has 0 saturated heterocycles. The van der Waals surface area contributed by atoms with Crippen molar-refractivity contribution < 1.29 is 14.4 Å². The fourth-order valence-electron chi connectivity index (χ4n) is 1.81. The smallest absolute Gasteiger partial charge is 0.341 e. The zero-order valence-corrected chi connectivity index (χ0v) is 9.94. The highest BCUT2D eigenvalue weighted by Gasteiger charge is 2.28. The quantitative estimate of drug-likeness (QED) is 0.876. The van der Waals surface area contributed by atoms with Crippen LogP contribution in [0.3, 0.4) is 0 Å². The summed E-state index contributed by atoms with van der Waals surface area (Å²) in [5.74, 6) is 0.104. The van der Waals surface area contributed by atoms with E-state index in [1.54, 1.807) is 0 Å². The summed E-state index contributed by atoms with van der Waals surface area (Å²) >= 11 is 0. The van der Waals surface area contributed by atoms with Crippen LogP contribution in [0.5, 0.6) is 0 Å². The highest BCUT2D eigenvalue weighted by molar-refractivity contribution is 5.86. The van der Waals surface area contributed by atoms with E-state index in [9.17, 15) is 9.59 Å². The van der Waals surface area contributed by atoms with Crippen LogP contribution in [-0.2, 0) is 6.54 Å². The van der Waals surface area contributed by atoms with Crippen LogP contribution in [0.25, 0.3) is 0 Å². The molecule has 98 valence electrons. The van der Waals surface area contributed by atoms with E-state index in [1.165, 1.54) is 22.9 Å². The fraction of sp³-hybridized carbons (Fsp3) is 0.333. The molecule has 1 saturated carbocycles. The average Bonchev–Trinajstić information content (AvgIpc) is 3.12. The van der Waals surface area contributed by atoms with Crippen molar-refractivity contribution in [1.82, 2.24) is 14.7 Å². The zero-order chi connectivity index (χ0) is 13.4. The maximum Gasteiger partial charge on any atom is 0.341 e. The first-order valence-electron chi connectivity index (χ1n) is 5.90. The van der Waals surface area contributed by atoms with Gasteiger partial charge in [-0.3, -0.25) is 4.79 Å². The van der Waals surface area contributed by atoms with Gasteiger partial charge >= 0.3 is 5.97 Å². The number of carboxylic acid groups (broad SMARTS) is 1. The molecule has 0 bridgehead atoms. The first-order chi connectivity index (χ1) is 9.15. The van der Waals surface area contributed by atoms with Crippen molar-refractivity contribution in [2.45, 2.75) is 25.3 Å². The Morgan fingerprint density at radius 1 is 1.53 bits per heavy atom. The van der Waals surface area contributed by atoms with Crippen LogP contribution in [0.4, 0.5) is 0 Å². The van der Waals surface area contributed by atoms with Crippen LogP contribution >= 0.6 is 0 Å². The van der Waals surface area contributed by atoms with Crippen LogP contribution in [0.15, 0.2) is 27.6 Å². The second-order valence-corrected chi connectivity index (χ2v) is 4.48. The van der Waals surface area contributed by atoms with Gasteiger partial charge in [0.15, 0.2) is 5.82 Å². The molecule has 1 aliphatic carbocycles. The standard InChI is InChI=1S/C12H11N3O4/c16-11-8(12(17)18)2-1-5-15(11)6-9-13-10(14-19-9)7-3-4-7/h1-2,5,7H,3-4,6H2,(H,17,18). The summed E-state index contributed by atoms with van der Waals surface area (Å²) in [6.07, 6.45) is 3.62. The van der Waals surface area contributed by atoms with Crippen molar-refractivity contribution in [3.05, 3.63) is 46.0 Å². The number of rotatable bonds is 4. The Bertz CT molecular complexity index is 684. The Balaban J connectivity index is 1.87. The molecule has 2 aromatic rings. The van der Waals surface area contributed by atoms with E-state index in [0.29, 0.717) is 17.6 Å². The molecule has 0 amide bonds. The van der Waals surface area contributed by atoms with Gasteiger partial charge in [-0.2, -0.15) is 4.98 Å². The largest absolute Gasteiger partial charge is 0.477 e. The van der Waals surface area contributed by atoms with E-state index in [2.05, 4.69) is 10.1 Å². The molecule has 2 aromatic heterocycles. The minimum Gasteiger partial charge on any atom is -0.477 e. The predicted molar refractivity (Wildman–Crippen MR) is 63.0 cm³/mol. The van der Waals surface area contributed by atoms with Crippen molar-refractivity contribution in [3.63, 3.8) is 0 Å². The second-order valence-electron chi connectivity index (χ2n) is 4.48. The summed E-state index contributed by atoms with van der Waals surface area (Å²) in [6, 6.07) is 2.77. The Labute approximate surface area is 107 Å². The second kappa shape index (κ2) is 4.34. The predicted octanol–water partition coefficient (Wildman–Crippen LogP) is 0.855. The molecule has 1 aliphatic rings. The number of carbonyl (C=O) groups is 1. The van der Waals surface area contributed by atoms with Gasteiger partial charge < -0.3 is 14.2 Å². The average molecular weight is 261 g/mol. The van der Waals surface area contributed by atoms with Gasteiger partial charge in [0.25, 0.3) is 5.56 Å². The van der Waals surface area contributed by atoms with Gasteiger partial charge in [0.05, 0.1) is 0 Å². The van der Waals surface area contributed by atoms with Gasteiger partial charge in [-0.25, -0.2) is 4.79 Å². The summed E-state index contributed by atoms with van der Waals surface area (Å²) < 4.78 is 6.30. The van der Waals surface area contributed by atoms with Crippen molar-refractivity contribution >= 4 is 5.97 Å². The van der Waals surface area contributed by atoms with Crippen molar-refractivity contribution in [3.8, 4) is 0 Å². The molecule has 0 aromatic carbocycles. The van der Waals surface area contributed by atoms with Crippen LogP contribution < -0.4 is 5.56 Å². The number of aromatic nitrogens is 3. The van der Waals surface area contributed by atoms with Crippen LogP contribution in [0.1, 0.15) is 40.8 Å². The van der Waals surface area contributed by atoms with E-state index in [1.807, 2.05) is 0 Å². The normalized spacial score (nSPS) is 14.5. The maximum atomic E-state index is 11.9. The Morgan fingerprint density at radius 2 is 2.32 bits per heavy atom. The van der Waals surface area contributed by atoms with Gasteiger partial charge in [0, 0.05) is 12.1 Å². The van der Waals surface area contributed by atoms with Gasteiger partial charge in [0.2, 0.25) is 5.89 Å². The molecule has 0 atom stereocenters. The maximum absolute atomic E-state index is 11.9. The summed E-state index contributed by atoms with van der Waals surface area (Å²) in [5.41, 5.74) is -0.856. The molecule has 3 rings (SSSR count). The molecule has 0 aliphatic heterocycles. The lowest BCUT2D eigenvalue weighted by Gasteiger charge is -2.02. The minimum atomic E-state index is -1.25. The number of hydrogen-bond acceptors (Lipinski definition) is 5. The van der Waals surface area contributed by atoms with Crippen LogP contribution in [-0.4, -0.2) is 25.8 Å². The Morgan fingerprint density at radius 3 is 3.00 bits per heavy atom. The number of pyridine rings is 1. The summed E-state index contributed by atoms with van der Waals surface area (Å²) in [4.78, 5) is 26.9. The molecule has 0 radical (unpaired) electrons. The lowest BCUT2D eigenvalue weighted by Crippen LogP contribution is -2.26. The molecular weight excluding hydrogens is 250 g/mol. The van der Waals surface area contributed by atoms with Crippen LogP contribution in [0.2, 0.25) is 0 Å². The van der Waals surface area contributed by atoms with E-state index in [0.717, 1.165) is 12.8 Å². The minimum absolute atomic E-state index is 0.0830. The first kappa shape index (κ1) is 11.6. The van der Waals surface area contributed by atoms with Gasteiger partial charge in [0.1, 0.15) is 12.1 Å². The van der Waals surface area contributed by atoms with Gasteiger partial charge in [-0.15, -0.1) is 0 Å². The summed E-state index contributed by atoms with van der Waals surface area (Å²) in [5, 5.41) is 12.7. The molecule has 19 heavy (non-hydrogen) atoms. The third-order valence-electron chi connectivity index (χ3n) is 2.98. The third kappa shape index (κ3) is 2.26. The van der Waals surface area contributed by atoms with E-state index in [4.69, 9.17) is 9.63 Å². The van der Waals surface area contributed by atoms with Crippen LogP contribution in [0, 0.1) is 0 Å². The molecule has 1 fully saturated rings. The van der Waals surface area contributed by atoms with E-state index in [-0.39, 0.29) is 12.1 Å². The van der Waals surface area contributed by atoms with Crippen molar-refractivity contribution in [2.24, 2.45) is 0 Å². The SMILES string of the molecule is O=C(O)c1cccn(Cc2nc(C3CC3)no2)c1=O. The third-order valence-corrected chi connectivity index (χ3v) is 2.98. The topological polar surface area (TPSA) is 98.2 Å². The van der Waals surface area contributed by atoms with Crippen molar-refractivity contribution in [1.29, 1.82) is 0 Å². The summed E-state index contributed by atoms with van der Waals surface area (Å²) in [7, 11) is 0. The lowest BCUT2D eigenvalue weighted by molar-refractivity contribution is 0.0694. The number of hydrogen-bond donors (Lipinski definition) is 1. The molecule has 0 spiro atoms. The van der Waals surface area contributed by atoms with Gasteiger partial charge in [-0.1, -0.05) is 5.16 Å². The fourth-order valence-corrected chi connectivity index (χ4v) is 1.81. The van der Waals surface area contributed by atoms with Gasteiger partial charge in [-0.05, 0) is 25.0 Å². The monoisotopic (exact) mass is 261 g/mol. The van der Waals surface area contributed by atoms with Crippen molar-refractivity contribution in [2.75, 3.05) is 0 Å². The zero-order valence-electron chi connectivity index (χ0n) is 9.94. The van der Waals surface area contributed by atoms with E-state index >= 15 is 0 Å². The first-order valence-corrected chi connectivity index (χ1v) is 5.90. The Hall–Kier alpha value is -2.44. The molecular formula is C12H11N3O4. The highest BCUT2D eigenvalue weighted by atomic mass is 16.5. The molecule has 7 heteroatoms. The molecule has 2 heterocycles. The number of aromatic carboxylic acids is 1. The lowest BCUT2D eigenvalue weighted by atomic mass is 10.3. The number of nitrogens with zero attached hydrogens (tertiary/aromatic N) is 3. The highest BCUT2D eigenvalue weighted by Crippen LogP contribution is 2.38. The molecule has 1 N–H and O–H groups in total. The Kier molecular flexibility index (Phi) is 2.66. The molecule has 0 unspecified atom stereocenters. The number of carboxylic acids is 1. The van der Waals surface area contributed by atoms with E-state index < -0.39 is 11.5 Å². The molecule has 7 nitrogen and oxygen atoms in total.